The van der Waals surface area contributed by atoms with Gasteiger partial charge in [0.05, 0.1) is 6.61 Å². The first-order valence-electron chi connectivity index (χ1n) is 8.94. The molecule has 2 aromatic rings. The van der Waals surface area contributed by atoms with Gasteiger partial charge in [0, 0.05) is 11.3 Å². The van der Waals surface area contributed by atoms with Gasteiger partial charge in [0.25, 0.3) is 0 Å². The lowest BCUT2D eigenvalue weighted by Crippen LogP contribution is -2.53. The zero-order valence-corrected chi connectivity index (χ0v) is 15.1. The van der Waals surface area contributed by atoms with Gasteiger partial charge in [0.1, 0.15) is 11.6 Å². The van der Waals surface area contributed by atoms with Crippen molar-refractivity contribution in [3.8, 4) is 0 Å². The molecule has 136 valence electrons. The molecule has 3 rings (SSSR count). The molecule has 2 aromatic carbocycles. The summed E-state index contributed by atoms with van der Waals surface area (Å²) in [6, 6.07) is 16.9. The van der Waals surface area contributed by atoms with Crippen LogP contribution < -0.4 is 10.6 Å². The number of carbonyl (C=O) groups is 2. The number of esters is 1. The number of aryl methyl sites for hydroxylation is 1. The number of hydrogen-bond donors (Lipinski definition) is 2. The first-order chi connectivity index (χ1) is 12.5. The molecule has 0 saturated carbocycles. The summed E-state index contributed by atoms with van der Waals surface area (Å²) in [4.78, 5) is 25.1. The smallest absolute Gasteiger partial charge is 0.323 e. The third-order valence-corrected chi connectivity index (χ3v) is 4.77. The van der Waals surface area contributed by atoms with Gasteiger partial charge in [0.15, 0.2) is 0 Å². The minimum Gasteiger partial charge on any atom is -0.465 e. The normalized spacial score (nSPS) is 19.5. The van der Waals surface area contributed by atoms with Crippen LogP contribution in [-0.4, -0.2) is 24.5 Å². The maximum Gasteiger partial charge on any atom is 0.323 e. The Morgan fingerprint density at radius 1 is 1.15 bits per heavy atom. The molecule has 1 heterocycles. The molecule has 26 heavy (non-hydrogen) atoms. The number of para-hydroxylation sites is 1. The van der Waals surface area contributed by atoms with Gasteiger partial charge in [-0.3, -0.25) is 14.9 Å². The molecular formula is C21H24N2O3. The number of anilines is 1. The number of fused-ring (bicyclic) bond motifs is 1. The molecule has 2 unspecified atom stereocenters. The number of amides is 1. The molecular weight excluding hydrogens is 328 g/mol. The lowest BCUT2D eigenvalue weighted by Gasteiger charge is -2.29. The maximum atomic E-state index is 12.6. The zero-order chi connectivity index (χ0) is 18.6. The van der Waals surface area contributed by atoms with Gasteiger partial charge in [-0.15, -0.1) is 0 Å². The quantitative estimate of drug-likeness (QED) is 0.752. The highest BCUT2D eigenvalue weighted by Gasteiger charge is 2.44. The SMILES string of the molecule is CCOC(=O)C(CCc1ccccc1)NC1(C)C(=O)Nc2ccccc21. The molecule has 1 aliphatic heterocycles. The predicted molar refractivity (Wildman–Crippen MR) is 101 cm³/mol. The Bertz CT molecular complexity index is 791. The minimum atomic E-state index is -0.968. The lowest BCUT2D eigenvalue weighted by atomic mass is 9.91. The Balaban J connectivity index is 1.81. The second-order valence-corrected chi connectivity index (χ2v) is 6.60. The number of benzene rings is 2. The highest BCUT2D eigenvalue weighted by molar-refractivity contribution is 6.05. The average Bonchev–Trinajstić information content (AvgIpc) is 2.90. The van der Waals surface area contributed by atoms with Crippen LogP contribution in [0.2, 0.25) is 0 Å². The van der Waals surface area contributed by atoms with Crippen LogP contribution in [0.25, 0.3) is 0 Å². The van der Waals surface area contributed by atoms with Crippen LogP contribution >= 0.6 is 0 Å². The third-order valence-electron chi connectivity index (χ3n) is 4.77. The summed E-state index contributed by atoms with van der Waals surface area (Å²) in [7, 11) is 0. The van der Waals surface area contributed by atoms with Crippen molar-refractivity contribution in [1.82, 2.24) is 5.32 Å². The molecule has 0 spiro atoms. The van der Waals surface area contributed by atoms with E-state index in [2.05, 4.69) is 10.6 Å². The van der Waals surface area contributed by atoms with Crippen molar-refractivity contribution in [3.05, 3.63) is 65.7 Å². The first-order valence-corrected chi connectivity index (χ1v) is 8.94. The number of hydrogen-bond acceptors (Lipinski definition) is 4. The van der Waals surface area contributed by atoms with E-state index in [0.717, 1.165) is 23.2 Å². The fraction of sp³-hybridized carbons (Fsp3) is 0.333. The molecule has 2 atom stereocenters. The van der Waals surface area contributed by atoms with Crippen LogP contribution in [0.3, 0.4) is 0 Å². The summed E-state index contributed by atoms with van der Waals surface area (Å²) < 4.78 is 5.24. The monoisotopic (exact) mass is 352 g/mol. The number of ether oxygens (including phenoxy) is 1. The summed E-state index contributed by atoms with van der Waals surface area (Å²) in [6.07, 6.45) is 1.27. The molecule has 5 heteroatoms. The number of carbonyl (C=O) groups excluding carboxylic acids is 2. The van der Waals surface area contributed by atoms with E-state index in [1.807, 2.05) is 61.5 Å². The van der Waals surface area contributed by atoms with Crippen LogP contribution in [0.1, 0.15) is 31.4 Å². The van der Waals surface area contributed by atoms with Crippen LogP contribution in [0.5, 0.6) is 0 Å². The highest BCUT2D eigenvalue weighted by Crippen LogP contribution is 2.36. The van der Waals surface area contributed by atoms with E-state index in [-0.39, 0.29) is 11.9 Å². The van der Waals surface area contributed by atoms with Crippen molar-refractivity contribution in [3.63, 3.8) is 0 Å². The van der Waals surface area contributed by atoms with Gasteiger partial charge < -0.3 is 10.1 Å². The first kappa shape index (κ1) is 18.1. The van der Waals surface area contributed by atoms with E-state index < -0.39 is 11.6 Å². The Morgan fingerprint density at radius 2 is 1.85 bits per heavy atom. The minimum absolute atomic E-state index is 0.160. The summed E-state index contributed by atoms with van der Waals surface area (Å²) in [5.74, 6) is -0.491. The van der Waals surface area contributed by atoms with E-state index in [1.165, 1.54) is 0 Å². The van der Waals surface area contributed by atoms with E-state index >= 15 is 0 Å². The highest BCUT2D eigenvalue weighted by atomic mass is 16.5. The van der Waals surface area contributed by atoms with E-state index in [4.69, 9.17) is 4.74 Å². The summed E-state index contributed by atoms with van der Waals surface area (Å²) in [5.41, 5.74) is 1.80. The molecule has 0 saturated heterocycles. The molecule has 0 radical (unpaired) electrons. The zero-order valence-electron chi connectivity index (χ0n) is 15.1. The molecule has 1 aliphatic rings. The number of rotatable bonds is 7. The fourth-order valence-electron chi connectivity index (χ4n) is 3.34. The Morgan fingerprint density at radius 3 is 2.58 bits per heavy atom. The fourth-order valence-corrected chi connectivity index (χ4v) is 3.34. The predicted octanol–water partition coefficient (Wildman–Crippen LogP) is 3.01. The van der Waals surface area contributed by atoms with Crippen molar-refractivity contribution in [2.45, 2.75) is 38.3 Å². The van der Waals surface area contributed by atoms with Crippen molar-refractivity contribution < 1.29 is 14.3 Å². The molecule has 0 fully saturated rings. The molecule has 2 N–H and O–H groups in total. The van der Waals surface area contributed by atoms with Gasteiger partial charge in [0.2, 0.25) is 5.91 Å². The van der Waals surface area contributed by atoms with E-state index in [0.29, 0.717) is 13.0 Å². The topological polar surface area (TPSA) is 67.4 Å². The lowest BCUT2D eigenvalue weighted by molar-refractivity contribution is -0.146. The van der Waals surface area contributed by atoms with Crippen molar-refractivity contribution in [2.24, 2.45) is 0 Å². The second kappa shape index (κ2) is 7.70. The van der Waals surface area contributed by atoms with Crippen molar-refractivity contribution in [1.29, 1.82) is 0 Å². The van der Waals surface area contributed by atoms with Crippen molar-refractivity contribution >= 4 is 17.6 Å². The van der Waals surface area contributed by atoms with Gasteiger partial charge >= 0.3 is 5.97 Å². The molecule has 0 aromatic heterocycles. The van der Waals surface area contributed by atoms with Gasteiger partial charge in [-0.1, -0.05) is 48.5 Å². The Hall–Kier alpha value is -2.66. The largest absolute Gasteiger partial charge is 0.465 e. The molecule has 0 bridgehead atoms. The summed E-state index contributed by atoms with van der Waals surface area (Å²) >= 11 is 0. The van der Waals surface area contributed by atoms with Gasteiger partial charge in [-0.25, -0.2) is 0 Å². The van der Waals surface area contributed by atoms with Gasteiger partial charge in [-0.2, -0.15) is 0 Å². The maximum absolute atomic E-state index is 12.6. The second-order valence-electron chi connectivity index (χ2n) is 6.60. The summed E-state index contributed by atoms with van der Waals surface area (Å²) in [6.45, 7) is 3.90. The Kier molecular flexibility index (Phi) is 5.38. The average molecular weight is 352 g/mol. The standard InChI is InChI=1S/C21H24N2O3/c1-3-26-19(24)18(14-13-15-9-5-4-6-10-15)23-21(2)16-11-7-8-12-17(16)22-20(21)25/h4-12,18,23H,3,13-14H2,1-2H3,(H,22,25). The van der Waals surface area contributed by atoms with Crippen molar-refractivity contribution in [2.75, 3.05) is 11.9 Å². The van der Waals surface area contributed by atoms with Crippen LogP contribution in [0, 0.1) is 0 Å². The van der Waals surface area contributed by atoms with E-state index in [9.17, 15) is 9.59 Å². The van der Waals surface area contributed by atoms with Crippen LogP contribution in [-0.2, 0) is 26.3 Å². The number of nitrogens with one attached hydrogen (secondary N) is 2. The van der Waals surface area contributed by atoms with Crippen LogP contribution in [0.15, 0.2) is 54.6 Å². The van der Waals surface area contributed by atoms with Gasteiger partial charge in [-0.05, 0) is 38.3 Å². The molecule has 5 nitrogen and oxygen atoms in total. The Labute approximate surface area is 153 Å². The third kappa shape index (κ3) is 3.63. The van der Waals surface area contributed by atoms with E-state index in [1.54, 1.807) is 6.92 Å². The summed E-state index contributed by atoms with van der Waals surface area (Å²) in [5, 5.41) is 6.15. The van der Waals surface area contributed by atoms with Crippen LogP contribution in [0.4, 0.5) is 5.69 Å². The molecule has 1 amide bonds. The molecule has 0 aliphatic carbocycles.